The molecular weight excluding hydrogens is 240 g/mol. The molecule has 0 aliphatic heterocycles. The Bertz CT molecular complexity index is 582. The molecule has 0 fully saturated rings. The fourth-order valence-corrected chi connectivity index (χ4v) is 1.86. The predicted octanol–water partition coefficient (Wildman–Crippen LogP) is 2.25. The van der Waals surface area contributed by atoms with Crippen molar-refractivity contribution in [3.8, 4) is 5.75 Å². The lowest BCUT2D eigenvalue weighted by Crippen LogP contribution is -2.26. The number of carbonyl (C=O) groups is 1. The standard InChI is InChI=1S/C15H16N2O2/c1-17(10-11-5-3-2-4-6-11)15(19)13-9-12(16)7-8-14(13)18/h2-9,18H,10,16H2,1H3. The third-order valence-corrected chi connectivity index (χ3v) is 2.86. The molecule has 0 heterocycles. The van der Waals surface area contributed by atoms with Crippen LogP contribution in [-0.2, 0) is 6.54 Å². The number of amides is 1. The lowest BCUT2D eigenvalue weighted by atomic mass is 10.1. The maximum Gasteiger partial charge on any atom is 0.257 e. The molecular formula is C15H16N2O2. The van der Waals surface area contributed by atoms with Crippen molar-refractivity contribution in [1.82, 2.24) is 4.90 Å². The van der Waals surface area contributed by atoms with Crippen molar-refractivity contribution in [2.24, 2.45) is 0 Å². The zero-order chi connectivity index (χ0) is 13.8. The number of nitrogens with zero attached hydrogens (tertiary/aromatic N) is 1. The van der Waals surface area contributed by atoms with Crippen LogP contribution in [0.5, 0.6) is 5.75 Å². The minimum atomic E-state index is -0.256. The Labute approximate surface area is 112 Å². The minimum absolute atomic E-state index is 0.0564. The molecule has 0 saturated heterocycles. The molecule has 0 bridgehead atoms. The summed E-state index contributed by atoms with van der Waals surface area (Å²) in [6.45, 7) is 0.480. The number of phenols is 1. The number of hydrogen-bond acceptors (Lipinski definition) is 3. The predicted molar refractivity (Wildman–Crippen MR) is 74.8 cm³/mol. The van der Waals surface area contributed by atoms with E-state index < -0.39 is 0 Å². The van der Waals surface area contributed by atoms with Crippen molar-refractivity contribution in [2.75, 3.05) is 12.8 Å². The first-order chi connectivity index (χ1) is 9.08. The topological polar surface area (TPSA) is 66.6 Å². The van der Waals surface area contributed by atoms with Crippen molar-refractivity contribution < 1.29 is 9.90 Å². The van der Waals surface area contributed by atoms with Crippen molar-refractivity contribution in [3.63, 3.8) is 0 Å². The second-order valence-corrected chi connectivity index (χ2v) is 4.42. The summed E-state index contributed by atoms with van der Waals surface area (Å²) in [4.78, 5) is 13.8. The monoisotopic (exact) mass is 256 g/mol. The minimum Gasteiger partial charge on any atom is -0.507 e. The first-order valence-electron chi connectivity index (χ1n) is 5.96. The molecule has 0 spiro atoms. The molecule has 2 rings (SSSR count). The van der Waals surface area contributed by atoms with E-state index in [0.717, 1.165) is 5.56 Å². The van der Waals surface area contributed by atoms with Gasteiger partial charge in [-0.1, -0.05) is 30.3 Å². The zero-order valence-corrected chi connectivity index (χ0v) is 10.7. The van der Waals surface area contributed by atoms with Crippen LogP contribution in [0.3, 0.4) is 0 Å². The Hall–Kier alpha value is -2.49. The van der Waals surface area contributed by atoms with E-state index >= 15 is 0 Å². The fourth-order valence-electron chi connectivity index (χ4n) is 1.86. The fraction of sp³-hybridized carbons (Fsp3) is 0.133. The van der Waals surface area contributed by atoms with Crippen LogP contribution in [0.15, 0.2) is 48.5 Å². The third kappa shape index (κ3) is 3.04. The van der Waals surface area contributed by atoms with Crippen LogP contribution >= 0.6 is 0 Å². The van der Waals surface area contributed by atoms with Gasteiger partial charge in [0.15, 0.2) is 0 Å². The van der Waals surface area contributed by atoms with Crippen LogP contribution in [0, 0.1) is 0 Å². The van der Waals surface area contributed by atoms with Gasteiger partial charge < -0.3 is 15.7 Å². The summed E-state index contributed by atoms with van der Waals surface area (Å²) in [6, 6.07) is 14.1. The molecule has 0 aliphatic rings. The Morgan fingerprint density at radius 1 is 1.21 bits per heavy atom. The molecule has 98 valence electrons. The van der Waals surface area contributed by atoms with Gasteiger partial charge in [0.1, 0.15) is 5.75 Å². The average molecular weight is 256 g/mol. The van der Waals surface area contributed by atoms with E-state index in [1.54, 1.807) is 18.0 Å². The number of nitrogens with two attached hydrogens (primary N) is 1. The second kappa shape index (κ2) is 5.44. The number of rotatable bonds is 3. The lowest BCUT2D eigenvalue weighted by Gasteiger charge is -2.18. The molecule has 4 heteroatoms. The SMILES string of the molecule is CN(Cc1ccccc1)C(=O)c1cc(N)ccc1O. The van der Waals surface area contributed by atoms with Gasteiger partial charge in [0.05, 0.1) is 5.56 Å². The highest BCUT2D eigenvalue weighted by atomic mass is 16.3. The van der Waals surface area contributed by atoms with E-state index in [1.807, 2.05) is 30.3 Å². The molecule has 0 aromatic heterocycles. The number of nitrogen functional groups attached to an aromatic ring is 1. The Morgan fingerprint density at radius 3 is 2.58 bits per heavy atom. The van der Waals surface area contributed by atoms with Crippen molar-refractivity contribution >= 4 is 11.6 Å². The van der Waals surface area contributed by atoms with E-state index in [-0.39, 0.29) is 17.2 Å². The molecule has 4 nitrogen and oxygen atoms in total. The Balaban J connectivity index is 2.17. The van der Waals surface area contributed by atoms with Crippen LogP contribution in [0.25, 0.3) is 0 Å². The van der Waals surface area contributed by atoms with Gasteiger partial charge in [-0.05, 0) is 23.8 Å². The molecule has 19 heavy (non-hydrogen) atoms. The number of anilines is 1. The van der Waals surface area contributed by atoms with Gasteiger partial charge in [-0.2, -0.15) is 0 Å². The second-order valence-electron chi connectivity index (χ2n) is 4.42. The van der Waals surface area contributed by atoms with Crippen LogP contribution in [0.1, 0.15) is 15.9 Å². The van der Waals surface area contributed by atoms with Gasteiger partial charge in [-0.3, -0.25) is 4.79 Å². The molecule has 0 saturated carbocycles. The number of hydrogen-bond donors (Lipinski definition) is 2. The van der Waals surface area contributed by atoms with Crippen LogP contribution in [0.2, 0.25) is 0 Å². The van der Waals surface area contributed by atoms with Crippen molar-refractivity contribution in [1.29, 1.82) is 0 Å². The molecule has 3 N–H and O–H groups in total. The molecule has 0 radical (unpaired) electrons. The molecule has 0 atom stereocenters. The first-order valence-corrected chi connectivity index (χ1v) is 5.96. The summed E-state index contributed by atoms with van der Waals surface area (Å²) >= 11 is 0. The third-order valence-electron chi connectivity index (χ3n) is 2.86. The van der Waals surface area contributed by atoms with Crippen LogP contribution in [-0.4, -0.2) is 23.0 Å². The Kier molecular flexibility index (Phi) is 3.71. The van der Waals surface area contributed by atoms with E-state index in [9.17, 15) is 9.90 Å². The number of carbonyl (C=O) groups excluding carboxylic acids is 1. The van der Waals surface area contributed by atoms with Gasteiger partial charge >= 0.3 is 0 Å². The maximum absolute atomic E-state index is 12.2. The molecule has 2 aromatic rings. The summed E-state index contributed by atoms with van der Waals surface area (Å²) in [6.07, 6.45) is 0. The molecule has 0 unspecified atom stereocenters. The Morgan fingerprint density at radius 2 is 1.89 bits per heavy atom. The summed E-state index contributed by atoms with van der Waals surface area (Å²) in [5, 5.41) is 9.72. The van der Waals surface area contributed by atoms with E-state index in [4.69, 9.17) is 5.73 Å². The summed E-state index contributed by atoms with van der Waals surface area (Å²) in [7, 11) is 1.69. The van der Waals surface area contributed by atoms with Gasteiger partial charge in [0.25, 0.3) is 5.91 Å². The van der Waals surface area contributed by atoms with E-state index in [2.05, 4.69) is 0 Å². The zero-order valence-electron chi connectivity index (χ0n) is 10.7. The van der Waals surface area contributed by atoms with Gasteiger partial charge in [-0.15, -0.1) is 0 Å². The summed E-state index contributed by atoms with van der Waals surface area (Å²) in [5.41, 5.74) is 7.34. The molecule has 0 aliphatic carbocycles. The van der Waals surface area contributed by atoms with Crippen molar-refractivity contribution in [2.45, 2.75) is 6.54 Å². The van der Waals surface area contributed by atoms with Gasteiger partial charge in [0, 0.05) is 19.3 Å². The number of aromatic hydroxyl groups is 1. The maximum atomic E-state index is 12.2. The summed E-state index contributed by atoms with van der Waals surface area (Å²) < 4.78 is 0. The lowest BCUT2D eigenvalue weighted by molar-refractivity contribution is 0.0782. The van der Waals surface area contributed by atoms with E-state index in [0.29, 0.717) is 12.2 Å². The average Bonchev–Trinajstić information content (AvgIpc) is 2.42. The van der Waals surface area contributed by atoms with Crippen molar-refractivity contribution in [3.05, 3.63) is 59.7 Å². The van der Waals surface area contributed by atoms with Crippen LogP contribution in [0.4, 0.5) is 5.69 Å². The molecule has 2 aromatic carbocycles. The summed E-state index contributed by atoms with van der Waals surface area (Å²) in [5.74, 6) is -0.312. The number of phenolic OH excluding ortho intramolecular Hbond substituents is 1. The highest BCUT2D eigenvalue weighted by molar-refractivity contribution is 5.97. The van der Waals surface area contributed by atoms with Gasteiger partial charge in [-0.25, -0.2) is 0 Å². The van der Waals surface area contributed by atoms with E-state index in [1.165, 1.54) is 12.1 Å². The normalized spacial score (nSPS) is 10.2. The number of benzene rings is 2. The van der Waals surface area contributed by atoms with Crippen LogP contribution < -0.4 is 5.73 Å². The smallest absolute Gasteiger partial charge is 0.257 e. The highest BCUT2D eigenvalue weighted by Gasteiger charge is 2.16. The van der Waals surface area contributed by atoms with Gasteiger partial charge in [0.2, 0.25) is 0 Å². The quantitative estimate of drug-likeness (QED) is 0.653. The first kappa shape index (κ1) is 13.0. The molecule has 1 amide bonds. The largest absolute Gasteiger partial charge is 0.507 e. The highest BCUT2D eigenvalue weighted by Crippen LogP contribution is 2.21.